The monoisotopic (exact) mass is 242 g/mol. The normalized spacial score (nSPS) is 10.3. The summed E-state index contributed by atoms with van der Waals surface area (Å²) in [5.41, 5.74) is -0.0279. The molecule has 0 amide bonds. The molecule has 0 saturated carbocycles. The number of rotatable bonds is 2. The van der Waals surface area contributed by atoms with Crippen molar-refractivity contribution in [1.29, 1.82) is 0 Å². The molecule has 0 spiro atoms. The van der Waals surface area contributed by atoms with Crippen LogP contribution in [0.3, 0.4) is 0 Å². The van der Waals surface area contributed by atoms with Crippen LogP contribution in [0.15, 0.2) is 29.2 Å². The molecule has 0 bridgehead atoms. The average molecular weight is 242 g/mol. The highest BCUT2D eigenvalue weighted by Gasteiger charge is 2.11. The first kappa shape index (κ1) is 14.3. The zero-order chi connectivity index (χ0) is 10.8. The second kappa shape index (κ2) is 5.42. The molecule has 2 radical (unpaired) electrons. The van der Waals surface area contributed by atoms with Crippen molar-refractivity contribution in [3.05, 3.63) is 29.8 Å². The molecule has 1 aromatic carbocycles. The quantitative estimate of drug-likeness (QED) is 0.332. The summed E-state index contributed by atoms with van der Waals surface area (Å²) in [5, 5.41) is 8.00. The van der Waals surface area contributed by atoms with Crippen molar-refractivity contribution in [3.8, 4) is 0 Å². The first-order chi connectivity index (χ1) is 6.45. The van der Waals surface area contributed by atoms with E-state index in [1.807, 2.05) is 0 Å². The molecule has 0 aromatic heterocycles. The number of hydrogen-bond donors (Lipinski definition) is 2. The first-order valence-corrected chi connectivity index (χ1v) is 4.82. The van der Waals surface area contributed by atoms with E-state index in [1.165, 1.54) is 0 Å². The lowest BCUT2D eigenvalue weighted by atomic mass is 10.2. The fourth-order valence-electron chi connectivity index (χ4n) is 0.816. The number of carbonyl (C=O) groups is 1. The van der Waals surface area contributed by atoms with Gasteiger partial charge in [0.05, 0.1) is 10.5 Å². The SMILES string of the molecule is O=C(OO)c1ccc(S(=O)(=O)O)cc1.[Mg]. The Morgan fingerprint density at radius 3 is 2.00 bits per heavy atom. The second-order valence-corrected chi connectivity index (χ2v) is 3.80. The maximum Gasteiger partial charge on any atom is 0.372 e. The third-order valence-electron chi connectivity index (χ3n) is 1.47. The minimum atomic E-state index is -4.27. The summed E-state index contributed by atoms with van der Waals surface area (Å²) < 4.78 is 29.7. The number of benzene rings is 1. The van der Waals surface area contributed by atoms with E-state index in [0.29, 0.717) is 0 Å². The van der Waals surface area contributed by atoms with Crippen LogP contribution in [-0.4, -0.2) is 47.2 Å². The highest BCUT2D eigenvalue weighted by Crippen LogP contribution is 2.10. The molecule has 0 saturated heterocycles. The smallest absolute Gasteiger partial charge is 0.296 e. The average Bonchev–Trinajstić information content (AvgIpc) is 2.15. The van der Waals surface area contributed by atoms with E-state index >= 15 is 0 Å². The van der Waals surface area contributed by atoms with Crippen LogP contribution in [0.1, 0.15) is 10.4 Å². The summed E-state index contributed by atoms with van der Waals surface area (Å²) in [5.74, 6) is -1.01. The van der Waals surface area contributed by atoms with Crippen molar-refractivity contribution < 1.29 is 27.9 Å². The molecule has 1 aromatic rings. The Kier molecular flexibility index (Phi) is 5.18. The second-order valence-electron chi connectivity index (χ2n) is 2.38. The van der Waals surface area contributed by atoms with Crippen LogP contribution in [0.2, 0.25) is 0 Å². The van der Waals surface area contributed by atoms with Crippen molar-refractivity contribution in [2.45, 2.75) is 4.90 Å². The van der Waals surface area contributed by atoms with Gasteiger partial charge in [0, 0.05) is 23.1 Å². The number of hydrogen-bond acceptors (Lipinski definition) is 5. The summed E-state index contributed by atoms with van der Waals surface area (Å²) in [7, 11) is -4.27. The molecule has 0 unspecified atom stereocenters. The fraction of sp³-hybridized carbons (Fsp3) is 0. The van der Waals surface area contributed by atoms with Gasteiger partial charge < -0.3 is 0 Å². The molecule has 0 fully saturated rings. The molecule has 78 valence electrons. The molecule has 1 rings (SSSR count). The van der Waals surface area contributed by atoms with Crippen molar-refractivity contribution >= 4 is 39.1 Å². The van der Waals surface area contributed by atoms with E-state index in [1.54, 1.807) is 0 Å². The Morgan fingerprint density at radius 1 is 1.20 bits per heavy atom. The van der Waals surface area contributed by atoms with Gasteiger partial charge in [0.25, 0.3) is 10.1 Å². The van der Waals surface area contributed by atoms with Gasteiger partial charge in [-0.2, -0.15) is 13.7 Å². The zero-order valence-electron chi connectivity index (χ0n) is 7.45. The third-order valence-corrected chi connectivity index (χ3v) is 2.34. The van der Waals surface area contributed by atoms with E-state index in [2.05, 4.69) is 4.89 Å². The van der Waals surface area contributed by atoms with Gasteiger partial charge in [-0.3, -0.25) is 9.44 Å². The molecule has 0 aliphatic rings. The lowest BCUT2D eigenvalue weighted by molar-refractivity contribution is -0.182. The molecule has 0 aliphatic heterocycles. The summed E-state index contributed by atoms with van der Waals surface area (Å²) in [6.07, 6.45) is 0. The van der Waals surface area contributed by atoms with Crippen molar-refractivity contribution in [2.75, 3.05) is 0 Å². The maximum atomic E-state index is 10.7. The molecule has 8 heteroatoms. The molecule has 2 N–H and O–H groups in total. The molecule has 0 aliphatic carbocycles. The Morgan fingerprint density at radius 2 is 1.67 bits per heavy atom. The topological polar surface area (TPSA) is 101 Å². The molecule has 6 nitrogen and oxygen atoms in total. The van der Waals surface area contributed by atoms with Crippen LogP contribution in [0, 0.1) is 0 Å². The van der Waals surface area contributed by atoms with Crippen LogP contribution in [-0.2, 0) is 15.0 Å². The Labute approximate surface area is 102 Å². The molecule has 0 heterocycles. The van der Waals surface area contributed by atoms with Crippen molar-refractivity contribution in [1.82, 2.24) is 0 Å². The first-order valence-electron chi connectivity index (χ1n) is 3.38. The summed E-state index contributed by atoms with van der Waals surface area (Å²) in [4.78, 5) is 13.8. The lowest BCUT2D eigenvalue weighted by Gasteiger charge is -1.98. The van der Waals surface area contributed by atoms with E-state index < -0.39 is 16.1 Å². The standard InChI is InChI=1S/C7H6O6S.Mg/c8-7(13-9)5-1-3-6(4-2-5)14(10,11)12;/h1-4,9H,(H,10,11,12);. The van der Waals surface area contributed by atoms with Crippen LogP contribution < -0.4 is 0 Å². The minimum absolute atomic E-state index is 0. The molecular weight excluding hydrogens is 236 g/mol. The van der Waals surface area contributed by atoms with E-state index in [0.717, 1.165) is 24.3 Å². The number of carbonyl (C=O) groups excluding carboxylic acids is 1. The summed E-state index contributed by atoms with van der Waals surface area (Å²) in [6, 6.07) is 4.23. The van der Waals surface area contributed by atoms with Gasteiger partial charge in [-0.1, -0.05) is 0 Å². The van der Waals surface area contributed by atoms with Crippen LogP contribution in [0.4, 0.5) is 0 Å². The van der Waals surface area contributed by atoms with Crippen LogP contribution in [0.5, 0.6) is 0 Å². The maximum absolute atomic E-state index is 10.7. The van der Waals surface area contributed by atoms with Crippen LogP contribution in [0.25, 0.3) is 0 Å². The van der Waals surface area contributed by atoms with Crippen molar-refractivity contribution in [3.63, 3.8) is 0 Å². The molecule has 15 heavy (non-hydrogen) atoms. The largest absolute Gasteiger partial charge is 0.372 e. The third kappa shape index (κ3) is 3.76. The Balaban J connectivity index is 0.00000196. The fourth-order valence-corrected chi connectivity index (χ4v) is 1.30. The Bertz CT molecular complexity index is 437. The highest BCUT2D eigenvalue weighted by atomic mass is 32.2. The van der Waals surface area contributed by atoms with Crippen LogP contribution >= 0.6 is 0 Å². The lowest BCUT2D eigenvalue weighted by Crippen LogP contribution is -2.03. The van der Waals surface area contributed by atoms with Gasteiger partial charge >= 0.3 is 5.97 Å². The summed E-state index contributed by atoms with van der Waals surface area (Å²) in [6.45, 7) is 0. The predicted octanol–water partition coefficient (Wildman–Crippen LogP) is 0.182. The zero-order valence-corrected chi connectivity index (χ0v) is 9.68. The predicted molar refractivity (Wildman–Crippen MR) is 50.1 cm³/mol. The minimum Gasteiger partial charge on any atom is -0.296 e. The Hall–Kier alpha value is -0.674. The van der Waals surface area contributed by atoms with Gasteiger partial charge in [0.2, 0.25) is 0 Å². The van der Waals surface area contributed by atoms with Crippen molar-refractivity contribution in [2.24, 2.45) is 0 Å². The van der Waals surface area contributed by atoms with Gasteiger partial charge in [0.15, 0.2) is 0 Å². The highest BCUT2D eigenvalue weighted by molar-refractivity contribution is 7.85. The van der Waals surface area contributed by atoms with Gasteiger partial charge in [0.1, 0.15) is 0 Å². The van der Waals surface area contributed by atoms with E-state index in [9.17, 15) is 13.2 Å². The van der Waals surface area contributed by atoms with Gasteiger partial charge in [-0.15, -0.1) is 0 Å². The molecular formula is C7H6MgO6S. The molecule has 0 atom stereocenters. The summed E-state index contributed by atoms with van der Waals surface area (Å²) >= 11 is 0. The van der Waals surface area contributed by atoms with E-state index in [4.69, 9.17) is 9.81 Å². The van der Waals surface area contributed by atoms with E-state index in [-0.39, 0.29) is 33.5 Å². The van der Waals surface area contributed by atoms with Gasteiger partial charge in [-0.25, -0.2) is 4.79 Å². The van der Waals surface area contributed by atoms with Gasteiger partial charge in [-0.05, 0) is 24.3 Å².